The Hall–Kier alpha value is -1.99. The minimum absolute atomic E-state index is 0.0153. The molecule has 2 saturated heterocycles. The number of amides is 2. The van der Waals surface area contributed by atoms with Crippen molar-refractivity contribution in [3.63, 3.8) is 0 Å². The zero-order valence-electron chi connectivity index (χ0n) is 15.2. The molecule has 2 aliphatic heterocycles. The molecule has 1 aromatic carbocycles. The highest BCUT2D eigenvalue weighted by Crippen LogP contribution is 2.26. The number of carbonyl (C=O) groups is 2. The van der Waals surface area contributed by atoms with E-state index >= 15 is 0 Å². The number of halogens is 1. The van der Waals surface area contributed by atoms with E-state index in [1.54, 1.807) is 18.1 Å². The fourth-order valence-electron chi connectivity index (χ4n) is 3.75. The van der Waals surface area contributed by atoms with Gasteiger partial charge in [0, 0.05) is 38.9 Å². The van der Waals surface area contributed by atoms with Crippen LogP contribution in [0.5, 0.6) is 0 Å². The van der Waals surface area contributed by atoms with Gasteiger partial charge in [-0.05, 0) is 50.6 Å². The maximum Gasteiger partial charge on any atom is 0.254 e. The summed E-state index contributed by atoms with van der Waals surface area (Å²) in [5.74, 6) is -0.598. The predicted octanol–water partition coefficient (Wildman–Crippen LogP) is 1.27. The quantitative estimate of drug-likeness (QED) is 0.879. The fraction of sp³-hybridized carbons (Fsp3) is 0.579. The van der Waals surface area contributed by atoms with Gasteiger partial charge in [-0.2, -0.15) is 0 Å². The fourth-order valence-corrected chi connectivity index (χ4v) is 3.75. The lowest BCUT2D eigenvalue weighted by molar-refractivity contribution is -0.158. The first-order valence-electron chi connectivity index (χ1n) is 9.16. The van der Waals surface area contributed by atoms with E-state index in [1.807, 2.05) is 4.90 Å². The number of methoxy groups -OCH3 is 1. The van der Waals surface area contributed by atoms with E-state index in [-0.39, 0.29) is 11.8 Å². The normalized spacial score (nSPS) is 20.5. The van der Waals surface area contributed by atoms with Crippen LogP contribution in [0.1, 0.15) is 29.6 Å². The van der Waals surface area contributed by atoms with E-state index < -0.39 is 11.4 Å². The van der Waals surface area contributed by atoms with Gasteiger partial charge in [0.25, 0.3) is 11.8 Å². The van der Waals surface area contributed by atoms with Crippen LogP contribution in [0.4, 0.5) is 4.39 Å². The highest BCUT2D eigenvalue weighted by Gasteiger charge is 2.42. The Morgan fingerprint density at radius 3 is 2.50 bits per heavy atom. The van der Waals surface area contributed by atoms with Crippen molar-refractivity contribution < 1.29 is 18.7 Å². The highest BCUT2D eigenvalue weighted by atomic mass is 19.1. The second-order valence-electron chi connectivity index (χ2n) is 6.90. The average molecular weight is 363 g/mol. The molecule has 3 rings (SSSR count). The maximum absolute atomic E-state index is 13.4. The zero-order chi connectivity index (χ0) is 18.6. The Kier molecular flexibility index (Phi) is 5.88. The van der Waals surface area contributed by atoms with Crippen molar-refractivity contribution in [3.8, 4) is 0 Å². The Balaban J connectivity index is 1.66. The first-order chi connectivity index (χ1) is 12.6. The molecule has 0 atom stereocenters. The number of carbonyl (C=O) groups excluding carboxylic acids is 2. The molecule has 0 aliphatic carbocycles. The van der Waals surface area contributed by atoms with Crippen molar-refractivity contribution >= 4 is 11.8 Å². The van der Waals surface area contributed by atoms with E-state index in [2.05, 4.69) is 5.32 Å². The van der Waals surface area contributed by atoms with E-state index in [0.29, 0.717) is 51.0 Å². The van der Waals surface area contributed by atoms with Crippen LogP contribution in [-0.4, -0.2) is 73.6 Å². The topological polar surface area (TPSA) is 61.9 Å². The number of piperidine rings is 1. The SMILES string of the molecule is COC1(C(=O)N2CCCN(C(=O)c3cccc(F)c3)CC2)CCNCC1. The average Bonchev–Trinajstić information content (AvgIpc) is 2.93. The van der Waals surface area contributed by atoms with Crippen molar-refractivity contribution in [2.75, 3.05) is 46.4 Å². The third-order valence-electron chi connectivity index (χ3n) is 5.33. The van der Waals surface area contributed by atoms with Crippen molar-refractivity contribution in [2.24, 2.45) is 0 Å². The Labute approximate surface area is 153 Å². The largest absolute Gasteiger partial charge is 0.368 e. The molecular weight excluding hydrogens is 337 g/mol. The van der Waals surface area contributed by atoms with Crippen LogP contribution < -0.4 is 5.32 Å². The van der Waals surface area contributed by atoms with E-state index in [9.17, 15) is 14.0 Å². The molecule has 0 bridgehead atoms. The third-order valence-corrected chi connectivity index (χ3v) is 5.33. The third kappa shape index (κ3) is 3.88. The molecule has 2 amide bonds. The maximum atomic E-state index is 13.4. The van der Waals surface area contributed by atoms with E-state index in [1.165, 1.54) is 18.2 Å². The molecule has 1 N–H and O–H groups in total. The molecule has 0 saturated carbocycles. The Morgan fingerprint density at radius 1 is 1.12 bits per heavy atom. The summed E-state index contributed by atoms with van der Waals surface area (Å²) in [4.78, 5) is 29.2. The van der Waals surface area contributed by atoms with Gasteiger partial charge in [-0.3, -0.25) is 9.59 Å². The van der Waals surface area contributed by atoms with Gasteiger partial charge in [0.1, 0.15) is 11.4 Å². The molecule has 7 heteroatoms. The van der Waals surface area contributed by atoms with Crippen LogP contribution in [0.3, 0.4) is 0 Å². The van der Waals surface area contributed by atoms with Crippen molar-refractivity contribution in [2.45, 2.75) is 24.9 Å². The number of ether oxygens (including phenoxy) is 1. The summed E-state index contributed by atoms with van der Waals surface area (Å²) in [6.07, 6.45) is 2.01. The summed E-state index contributed by atoms with van der Waals surface area (Å²) in [6, 6.07) is 5.73. The minimum Gasteiger partial charge on any atom is -0.368 e. The molecule has 0 spiro atoms. The molecule has 142 valence electrons. The summed E-state index contributed by atoms with van der Waals surface area (Å²) in [7, 11) is 1.60. The lowest BCUT2D eigenvalue weighted by atomic mass is 9.90. The Bertz CT molecular complexity index is 661. The van der Waals surface area contributed by atoms with Gasteiger partial charge >= 0.3 is 0 Å². The second kappa shape index (κ2) is 8.14. The molecule has 0 radical (unpaired) electrons. The molecule has 6 nitrogen and oxygen atoms in total. The van der Waals surface area contributed by atoms with Crippen LogP contribution in [0.2, 0.25) is 0 Å². The summed E-state index contributed by atoms with van der Waals surface area (Å²) in [5.41, 5.74) is -0.413. The minimum atomic E-state index is -0.757. The predicted molar refractivity (Wildman–Crippen MR) is 95.3 cm³/mol. The first kappa shape index (κ1) is 18.8. The molecule has 1 aromatic rings. The molecular formula is C19H26FN3O3. The standard InChI is InChI=1S/C19H26FN3O3/c1-26-19(6-8-21-9-7-19)18(25)23-11-3-10-22(12-13-23)17(24)15-4-2-5-16(20)14-15/h2,4-5,14,21H,3,6-13H2,1H3. The van der Waals surface area contributed by atoms with E-state index in [0.717, 1.165) is 13.1 Å². The van der Waals surface area contributed by atoms with Crippen LogP contribution in [-0.2, 0) is 9.53 Å². The molecule has 2 aliphatic rings. The van der Waals surface area contributed by atoms with Crippen molar-refractivity contribution in [1.29, 1.82) is 0 Å². The number of rotatable bonds is 3. The van der Waals surface area contributed by atoms with E-state index in [4.69, 9.17) is 4.74 Å². The van der Waals surface area contributed by atoms with Gasteiger partial charge < -0.3 is 19.9 Å². The number of hydrogen-bond donors (Lipinski definition) is 1. The van der Waals surface area contributed by atoms with Crippen LogP contribution >= 0.6 is 0 Å². The van der Waals surface area contributed by atoms with Crippen molar-refractivity contribution in [3.05, 3.63) is 35.6 Å². The van der Waals surface area contributed by atoms with Gasteiger partial charge in [0.15, 0.2) is 0 Å². The van der Waals surface area contributed by atoms with Crippen LogP contribution in [0.15, 0.2) is 24.3 Å². The highest BCUT2D eigenvalue weighted by molar-refractivity contribution is 5.94. The first-order valence-corrected chi connectivity index (χ1v) is 9.16. The molecule has 0 aromatic heterocycles. The van der Waals surface area contributed by atoms with Gasteiger partial charge in [0.2, 0.25) is 0 Å². The molecule has 2 fully saturated rings. The zero-order valence-corrected chi connectivity index (χ0v) is 15.2. The van der Waals surface area contributed by atoms with Gasteiger partial charge in [-0.15, -0.1) is 0 Å². The number of benzene rings is 1. The number of nitrogens with one attached hydrogen (secondary N) is 1. The monoisotopic (exact) mass is 363 g/mol. The summed E-state index contributed by atoms with van der Waals surface area (Å²) < 4.78 is 19.0. The molecule has 2 heterocycles. The molecule has 0 unspecified atom stereocenters. The van der Waals surface area contributed by atoms with Crippen LogP contribution in [0.25, 0.3) is 0 Å². The van der Waals surface area contributed by atoms with Crippen molar-refractivity contribution in [1.82, 2.24) is 15.1 Å². The van der Waals surface area contributed by atoms with Crippen LogP contribution in [0, 0.1) is 5.82 Å². The van der Waals surface area contributed by atoms with Gasteiger partial charge in [-0.25, -0.2) is 4.39 Å². The smallest absolute Gasteiger partial charge is 0.254 e. The second-order valence-corrected chi connectivity index (χ2v) is 6.90. The van der Waals surface area contributed by atoms with Gasteiger partial charge in [-0.1, -0.05) is 6.07 Å². The number of hydrogen-bond acceptors (Lipinski definition) is 4. The number of nitrogens with zero attached hydrogens (tertiary/aromatic N) is 2. The Morgan fingerprint density at radius 2 is 1.81 bits per heavy atom. The van der Waals surface area contributed by atoms with Gasteiger partial charge in [0.05, 0.1) is 0 Å². The summed E-state index contributed by atoms with van der Waals surface area (Å²) in [5, 5.41) is 3.25. The molecule has 26 heavy (non-hydrogen) atoms. The summed E-state index contributed by atoms with van der Waals surface area (Å²) >= 11 is 0. The summed E-state index contributed by atoms with van der Waals surface area (Å²) in [6.45, 7) is 3.59. The lowest BCUT2D eigenvalue weighted by Crippen LogP contribution is -2.56. The lowest BCUT2D eigenvalue weighted by Gasteiger charge is -2.38.